The molecular weight excluding hydrogens is 198 g/mol. The lowest BCUT2D eigenvalue weighted by Crippen LogP contribution is -2.17. The van der Waals surface area contributed by atoms with Crippen molar-refractivity contribution in [3.63, 3.8) is 0 Å². The van der Waals surface area contributed by atoms with Crippen molar-refractivity contribution < 1.29 is 0 Å². The van der Waals surface area contributed by atoms with Gasteiger partial charge in [0.15, 0.2) is 0 Å². The van der Waals surface area contributed by atoms with Crippen LogP contribution in [0.4, 0.5) is 11.6 Å². The van der Waals surface area contributed by atoms with Gasteiger partial charge in [0.25, 0.3) is 0 Å². The second-order valence-electron chi connectivity index (χ2n) is 4.71. The summed E-state index contributed by atoms with van der Waals surface area (Å²) >= 11 is 0. The molecule has 2 unspecified atom stereocenters. The minimum atomic E-state index is 0.819. The first-order chi connectivity index (χ1) is 7.79. The van der Waals surface area contributed by atoms with Crippen LogP contribution in [0.2, 0.25) is 0 Å². The van der Waals surface area contributed by atoms with Crippen LogP contribution in [-0.4, -0.2) is 18.6 Å². The molecule has 3 heteroatoms. The van der Waals surface area contributed by atoms with Gasteiger partial charge in [-0.2, -0.15) is 0 Å². The van der Waals surface area contributed by atoms with E-state index in [0.29, 0.717) is 0 Å². The Kier molecular flexibility index (Phi) is 3.65. The molecule has 0 bridgehead atoms. The smallest absolute Gasteiger partial charge is 0.128 e. The predicted molar refractivity (Wildman–Crippen MR) is 68.8 cm³/mol. The van der Waals surface area contributed by atoms with Gasteiger partial charge in [0.2, 0.25) is 0 Å². The van der Waals surface area contributed by atoms with Gasteiger partial charge in [0.05, 0.1) is 0 Å². The Bertz CT molecular complexity index is 338. The minimum Gasteiger partial charge on any atom is -0.373 e. The molecule has 1 aromatic rings. The van der Waals surface area contributed by atoms with Crippen molar-refractivity contribution in [1.82, 2.24) is 4.98 Å². The number of nitrogens with one attached hydrogen (secondary N) is 2. The van der Waals surface area contributed by atoms with E-state index in [4.69, 9.17) is 0 Å². The molecule has 0 aromatic carbocycles. The number of nitrogens with zero attached hydrogens (tertiary/aromatic N) is 1. The standard InChI is InChI=1S/C13H21N3/c1-10-5-3-6-11(10)9-15-13-8-4-7-12(14-2)16-13/h4,7-8,10-11H,3,5-6,9H2,1-2H3,(H2,14,15,16). The summed E-state index contributed by atoms with van der Waals surface area (Å²) in [6.07, 6.45) is 4.13. The number of aromatic nitrogens is 1. The summed E-state index contributed by atoms with van der Waals surface area (Å²) in [7, 11) is 1.89. The van der Waals surface area contributed by atoms with Crippen molar-refractivity contribution in [2.45, 2.75) is 26.2 Å². The van der Waals surface area contributed by atoms with Crippen LogP contribution in [-0.2, 0) is 0 Å². The van der Waals surface area contributed by atoms with E-state index >= 15 is 0 Å². The van der Waals surface area contributed by atoms with Crippen molar-refractivity contribution in [2.75, 3.05) is 24.2 Å². The Labute approximate surface area is 97.7 Å². The second-order valence-corrected chi connectivity index (χ2v) is 4.71. The summed E-state index contributed by atoms with van der Waals surface area (Å²) in [5.74, 6) is 3.58. The Morgan fingerprint density at radius 3 is 2.81 bits per heavy atom. The van der Waals surface area contributed by atoms with E-state index in [1.165, 1.54) is 19.3 Å². The highest BCUT2D eigenvalue weighted by molar-refractivity contribution is 5.44. The number of pyridine rings is 1. The van der Waals surface area contributed by atoms with Crippen molar-refractivity contribution in [2.24, 2.45) is 11.8 Å². The van der Waals surface area contributed by atoms with Gasteiger partial charge < -0.3 is 10.6 Å². The number of anilines is 2. The van der Waals surface area contributed by atoms with E-state index in [1.807, 2.05) is 25.2 Å². The third-order valence-corrected chi connectivity index (χ3v) is 3.59. The van der Waals surface area contributed by atoms with Crippen molar-refractivity contribution in [3.05, 3.63) is 18.2 Å². The Morgan fingerprint density at radius 2 is 2.12 bits per heavy atom. The normalized spacial score (nSPS) is 24.4. The molecule has 1 aliphatic rings. The molecule has 2 atom stereocenters. The third kappa shape index (κ3) is 2.65. The maximum atomic E-state index is 4.46. The summed E-state index contributed by atoms with van der Waals surface area (Å²) < 4.78 is 0. The highest BCUT2D eigenvalue weighted by atomic mass is 15.0. The minimum absolute atomic E-state index is 0.819. The lowest BCUT2D eigenvalue weighted by atomic mass is 9.98. The Hall–Kier alpha value is -1.25. The molecule has 0 saturated heterocycles. The van der Waals surface area contributed by atoms with Crippen LogP contribution in [0.15, 0.2) is 18.2 Å². The fraction of sp³-hybridized carbons (Fsp3) is 0.615. The van der Waals surface area contributed by atoms with Gasteiger partial charge in [-0.15, -0.1) is 0 Å². The second kappa shape index (κ2) is 5.19. The van der Waals surface area contributed by atoms with Crippen LogP contribution in [0.3, 0.4) is 0 Å². The lowest BCUT2D eigenvalue weighted by molar-refractivity contribution is 0.439. The number of hydrogen-bond acceptors (Lipinski definition) is 3. The zero-order valence-electron chi connectivity index (χ0n) is 10.2. The largest absolute Gasteiger partial charge is 0.373 e. The summed E-state index contributed by atoms with van der Waals surface area (Å²) in [6.45, 7) is 3.41. The topological polar surface area (TPSA) is 37.0 Å². The quantitative estimate of drug-likeness (QED) is 0.817. The summed E-state index contributed by atoms with van der Waals surface area (Å²) in [6, 6.07) is 6.03. The molecular formula is C13H21N3. The first-order valence-electron chi connectivity index (χ1n) is 6.18. The monoisotopic (exact) mass is 219 g/mol. The SMILES string of the molecule is CNc1cccc(NCC2CCCC2C)n1. The first kappa shape index (κ1) is 11.2. The highest BCUT2D eigenvalue weighted by Gasteiger charge is 2.22. The van der Waals surface area contributed by atoms with Gasteiger partial charge in [-0.05, 0) is 30.4 Å². The molecule has 1 fully saturated rings. The van der Waals surface area contributed by atoms with E-state index in [0.717, 1.165) is 30.0 Å². The van der Waals surface area contributed by atoms with Gasteiger partial charge in [0.1, 0.15) is 11.6 Å². The molecule has 0 aliphatic heterocycles. The maximum absolute atomic E-state index is 4.46. The van der Waals surface area contributed by atoms with Crippen LogP contribution in [0.5, 0.6) is 0 Å². The first-order valence-corrected chi connectivity index (χ1v) is 6.18. The van der Waals surface area contributed by atoms with Gasteiger partial charge in [-0.3, -0.25) is 0 Å². The van der Waals surface area contributed by atoms with Crippen molar-refractivity contribution in [1.29, 1.82) is 0 Å². The third-order valence-electron chi connectivity index (χ3n) is 3.59. The molecule has 0 radical (unpaired) electrons. The highest BCUT2D eigenvalue weighted by Crippen LogP contribution is 2.31. The molecule has 16 heavy (non-hydrogen) atoms. The lowest BCUT2D eigenvalue weighted by Gasteiger charge is -2.16. The van der Waals surface area contributed by atoms with Gasteiger partial charge in [-0.1, -0.05) is 25.8 Å². The average molecular weight is 219 g/mol. The van der Waals surface area contributed by atoms with Crippen LogP contribution < -0.4 is 10.6 Å². The fourth-order valence-corrected chi connectivity index (χ4v) is 2.43. The summed E-state index contributed by atoms with van der Waals surface area (Å²) in [5, 5.41) is 6.49. The molecule has 1 aromatic heterocycles. The number of hydrogen-bond donors (Lipinski definition) is 2. The van der Waals surface area contributed by atoms with Crippen LogP contribution in [0, 0.1) is 11.8 Å². The average Bonchev–Trinajstić information content (AvgIpc) is 2.72. The van der Waals surface area contributed by atoms with E-state index in [9.17, 15) is 0 Å². The zero-order chi connectivity index (χ0) is 11.4. The number of rotatable bonds is 4. The molecule has 1 heterocycles. The molecule has 1 saturated carbocycles. The molecule has 2 N–H and O–H groups in total. The molecule has 88 valence electrons. The van der Waals surface area contributed by atoms with Gasteiger partial charge in [0, 0.05) is 13.6 Å². The van der Waals surface area contributed by atoms with Crippen molar-refractivity contribution >= 4 is 11.6 Å². The molecule has 0 amide bonds. The van der Waals surface area contributed by atoms with E-state index < -0.39 is 0 Å². The summed E-state index contributed by atoms with van der Waals surface area (Å²) in [5.41, 5.74) is 0. The molecule has 2 rings (SSSR count). The van der Waals surface area contributed by atoms with E-state index in [1.54, 1.807) is 0 Å². The van der Waals surface area contributed by atoms with Crippen LogP contribution in [0.1, 0.15) is 26.2 Å². The Balaban J connectivity index is 1.88. The van der Waals surface area contributed by atoms with Gasteiger partial charge in [-0.25, -0.2) is 4.98 Å². The molecule has 3 nitrogen and oxygen atoms in total. The fourth-order valence-electron chi connectivity index (χ4n) is 2.43. The van der Waals surface area contributed by atoms with Crippen LogP contribution in [0.25, 0.3) is 0 Å². The van der Waals surface area contributed by atoms with Crippen LogP contribution >= 0.6 is 0 Å². The predicted octanol–water partition coefficient (Wildman–Crippen LogP) is 2.97. The molecule has 1 aliphatic carbocycles. The van der Waals surface area contributed by atoms with E-state index in [2.05, 4.69) is 22.5 Å². The Morgan fingerprint density at radius 1 is 1.31 bits per heavy atom. The van der Waals surface area contributed by atoms with E-state index in [-0.39, 0.29) is 0 Å². The molecule has 0 spiro atoms. The van der Waals surface area contributed by atoms with Crippen molar-refractivity contribution in [3.8, 4) is 0 Å². The maximum Gasteiger partial charge on any atom is 0.128 e. The van der Waals surface area contributed by atoms with Gasteiger partial charge >= 0.3 is 0 Å². The zero-order valence-corrected chi connectivity index (χ0v) is 10.2. The summed E-state index contributed by atoms with van der Waals surface area (Å²) in [4.78, 5) is 4.46.